The predicted molar refractivity (Wildman–Crippen MR) is 196 cm³/mol. The Morgan fingerprint density at radius 1 is 0.681 bits per heavy atom. The number of unbranched alkanes of at least 4 members (excludes halogenated alkanes) is 11. The fourth-order valence-electron chi connectivity index (χ4n) is 4.54. The van der Waals surface area contributed by atoms with Crippen LogP contribution in [0.5, 0.6) is 0 Å². The van der Waals surface area contributed by atoms with Crippen molar-refractivity contribution < 1.29 is 37.3 Å². The quantitative estimate of drug-likeness (QED) is 0.0242. The smallest absolute Gasteiger partial charge is 0.457 e. The van der Waals surface area contributed by atoms with E-state index in [9.17, 15) is 14.3 Å². The van der Waals surface area contributed by atoms with E-state index in [1.54, 1.807) is 0 Å². The van der Waals surface area contributed by atoms with Crippen LogP contribution >= 0.6 is 7.82 Å². The molecule has 47 heavy (non-hydrogen) atoms. The van der Waals surface area contributed by atoms with E-state index < -0.39 is 13.9 Å². The normalized spacial score (nSPS) is 14.6. The van der Waals surface area contributed by atoms with E-state index in [1.165, 1.54) is 38.5 Å². The van der Waals surface area contributed by atoms with Gasteiger partial charge in [0.05, 0.1) is 34.4 Å². The minimum absolute atomic E-state index is 0.0840. The van der Waals surface area contributed by atoms with Crippen molar-refractivity contribution in [3.05, 3.63) is 48.6 Å². The first-order valence-electron chi connectivity index (χ1n) is 18.4. The molecule has 0 fully saturated rings. The minimum Gasteiger partial charge on any atom is -0.457 e. The number of hydrogen-bond donors (Lipinski definition) is 1. The summed E-state index contributed by atoms with van der Waals surface area (Å²) in [5.41, 5.74) is 0. The van der Waals surface area contributed by atoms with Crippen LogP contribution in [0.15, 0.2) is 48.6 Å². The number of rotatable bonds is 33. The summed E-state index contributed by atoms with van der Waals surface area (Å²) < 4.78 is 34.6. The number of phosphoric ester groups is 1. The molecule has 0 saturated carbocycles. The summed E-state index contributed by atoms with van der Waals surface area (Å²) in [4.78, 5) is 22.7. The maximum atomic E-state index is 12.6. The fourth-order valence-corrected chi connectivity index (χ4v) is 5.28. The van der Waals surface area contributed by atoms with E-state index in [2.05, 4.69) is 62.5 Å². The minimum atomic E-state index is -4.26. The maximum absolute atomic E-state index is 12.6. The molecule has 0 aromatic heterocycles. The molecule has 0 aliphatic heterocycles. The van der Waals surface area contributed by atoms with Gasteiger partial charge in [0.15, 0.2) is 0 Å². The number of allylic oxidation sites excluding steroid dienone is 8. The van der Waals surface area contributed by atoms with Crippen LogP contribution in [-0.4, -0.2) is 75.6 Å². The number of esters is 1. The Labute approximate surface area is 288 Å². The molecular formula is C38H71NO7P+. The van der Waals surface area contributed by atoms with E-state index in [4.69, 9.17) is 18.5 Å². The van der Waals surface area contributed by atoms with Crippen LogP contribution in [0.1, 0.15) is 129 Å². The van der Waals surface area contributed by atoms with Crippen molar-refractivity contribution >= 4 is 13.8 Å². The zero-order valence-electron chi connectivity index (χ0n) is 30.8. The van der Waals surface area contributed by atoms with Crippen LogP contribution in [-0.2, 0) is 27.9 Å². The molecule has 0 saturated heterocycles. The third-order valence-electron chi connectivity index (χ3n) is 7.40. The number of phosphoric acid groups is 1. The molecule has 9 heteroatoms. The molecule has 0 radical (unpaired) electrons. The number of likely N-dealkylation sites (N-methyl/N-ethyl adjacent to an activating group) is 1. The highest BCUT2D eigenvalue weighted by Gasteiger charge is 2.26. The highest BCUT2D eigenvalue weighted by atomic mass is 31.2. The van der Waals surface area contributed by atoms with Crippen LogP contribution in [0.4, 0.5) is 0 Å². The first-order valence-corrected chi connectivity index (χ1v) is 19.9. The monoisotopic (exact) mass is 684 g/mol. The summed E-state index contributed by atoms with van der Waals surface area (Å²) in [5, 5.41) is 0. The Bertz CT molecular complexity index is 895. The Kier molecular flexibility index (Phi) is 30.7. The van der Waals surface area contributed by atoms with E-state index in [-0.39, 0.29) is 25.8 Å². The summed E-state index contributed by atoms with van der Waals surface area (Å²) >= 11 is 0. The largest absolute Gasteiger partial charge is 0.472 e. The number of ether oxygens (including phenoxy) is 2. The molecule has 0 amide bonds. The molecule has 0 aromatic rings. The van der Waals surface area contributed by atoms with Gasteiger partial charge in [-0.2, -0.15) is 0 Å². The molecule has 0 aromatic carbocycles. The maximum Gasteiger partial charge on any atom is 0.472 e. The second-order valence-electron chi connectivity index (χ2n) is 13.2. The van der Waals surface area contributed by atoms with Gasteiger partial charge in [-0.1, -0.05) is 120 Å². The van der Waals surface area contributed by atoms with Crippen molar-refractivity contribution in [2.45, 2.75) is 136 Å². The summed E-state index contributed by atoms with van der Waals surface area (Å²) in [5.74, 6) is -0.333. The zero-order valence-corrected chi connectivity index (χ0v) is 31.6. The molecule has 0 rings (SSSR count). The van der Waals surface area contributed by atoms with Crippen LogP contribution in [0.2, 0.25) is 0 Å². The van der Waals surface area contributed by atoms with Crippen molar-refractivity contribution in [2.24, 2.45) is 0 Å². The lowest BCUT2D eigenvalue weighted by atomic mass is 10.1. The highest BCUT2D eigenvalue weighted by molar-refractivity contribution is 7.47. The Morgan fingerprint density at radius 2 is 1.23 bits per heavy atom. The summed E-state index contributed by atoms with van der Waals surface area (Å²) in [7, 11) is 1.65. The molecule has 0 aliphatic carbocycles. The summed E-state index contributed by atoms with van der Waals surface area (Å²) in [6.07, 6.45) is 35.8. The van der Waals surface area contributed by atoms with Crippen molar-refractivity contribution in [3.63, 3.8) is 0 Å². The average molecular weight is 685 g/mol. The van der Waals surface area contributed by atoms with Gasteiger partial charge in [-0.3, -0.25) is 13.8 Å². The van der Waals surface area contributed by atoms with Gasteiger partial charge in [0.2, 0.25) is 0 Å². The second-order valence-corrected chi connectivity index (χ2v) is 14.7. The standard InChI is InChI=1S/C38H70NO7P/c1-6-8-10-12-14-15-16-17-18-19-20-21-22-23-24-25-26-27-29-31-38(40)46-37(35-43-33-30-28-13-11-9-7-2)36-45-47(41,42)44-34-32-39(3,4)5/h8,10,14-15,17-18,20-21,37H,6-7,9,11-13,16,19,22-36H2,1-5H3/p+1/b10-8-,15-14-,18-17-,21-20-. The number of nitrogens with zero attached hydrogens (tertiary/aromatic N) is 1. The van der Waals surface area contributed by atoms with Crippen molar-refractivity contribution in [3.8, 4) is 0 Å². The van der Waals surface area contributed by atoms with Gasteiger partial charge in [-0.15, -0.1) is 0 Å². The molecule has 0 spiro atoms. The van der Waals surface area contributed by atoms with Gasteiger partial charge >= 0.3 is 13.8 Å². The predicted octanol–water partition coefficient (Wildman–Crippen LogP) is 10.0. The Balaban J connectivity index is 4.22. The van der Waals surface area contributed by atoms with Crippen molar-refractivity contribution in [2.75, 3.05) is 54.1 Å². The summed E-state index contributed by atoms with van der Waals surface area (Å²) in [6, 6.07) is 0. The second kappa shape index (κ2) is 31.7. The molecule has 0 bridgehead atoms. The van der Waals surface area contributed by atoms with Gasteiger partial charge in [0.25, 0.3) is 0 Å². The third kappa shape index (κ3) is 35.6. The van der Waals surface area contributed by atoms with Crippen LogP contribution in [0.3, 0.4) is 0 Å². The van der Waals surface area contributed by atoms with E-state index >= 15 is 0 Å². The van der Waals surface area contributed by atoms with Gasteiger partial charge in [0.1, 0.15) is 19.3 Å². The van der Waals surface area contributed by atoms with Crippen LogP contribution < -0.4 is 0 Å². The lowest BCUT2D eigenvalue weighted by Gasteiger charge is -2.24. The number of carbonyl (C=O) groups excluding carboxylic acids is 1. The van der Waals surface area contributed by atoms with Crippen LogP contribution in [0, 0.1) is 0 Å². The average Bonchev–Trinajstić information content (AvgIpc) is 3.01. The van der Waals surface area contributed by atoms with E-state index in [0.29, 0.717) is 24.1 Å². The summed E-state index contributed by atoms with van der Waals surface area (Å²) in [6.45, 7) is 5.42. The highest BCUT2D eigenvalue weighted by Crippen LogP contribution is 2.43. The van der Waals surface area contributed by atoms with Crippen LogP contribution in [0.25, 0.3) is 0 Å². The van der Waals surface area contributed by atoms with Gasteiger partial charge < -0.3 is 18.9 Å². The first-order chi connectivity index (χ1) is 22.6. The van der Waals surface area contributed by atoms with Gasteiger partial charge in [-0.25, -0.2) is 4.57 Å². The number of carbonyl (C=O) groups is 1. The number of hydrogen-bond acceptors (Lipinski definition) is 6. The lowest BCUT2D eigenvalue weighted by Crippen LogP contribution is -2.37. The van der Waals surface area contributed by atoms with Crippen molar-refractivity contribution in [1.82, 2.24) is 0 Å². The van der Waals surface area contributed by atoms with Gasteiger partial charge in [0, 0.05) is 13.0 Å². The molecule has 0 aliphatic rings. The molecular weight excluding hydrogens is 613 g/mol. The molecule has 2 atom stereocenters. The topological polar surface area (TPSA) is 91.3 Å². The van der Waals surface area contributed by atoms with E-state index in [0.717, 1.165) is 70.6 Å². The molecule has 1 N–H and O–H groups in total. The first kappa shape index (κ1) is 45.5. The Hall–Kier alpha value is -1.54. The third-order valence-corrected chi connectivity index (χ3v) is 8.39. The van der Waals surface area contributed by atoms with Crippen molar-refractivity contribution in [1.29, 1.82) is 0 Å². The number of quaternary nitrogens is 1. The molecule has 2 unspecified atom stereocenters. The molecule has 274 valence electrons. The molecule has 0 heterocycles. The Morgan fingerprint density at radius 3 is 1.85 bits per heavy atom. The molecule has 8 nitrogen and oxygen atoms in total. The van der Waals surface area contributed by atoms with Gasteiger partial charge in [-0.05, 0) is 51.4 Å². The fraction of sp³-hybridized carbons (Fsp3) is 0.763. The SMILES string of the molecule is CC/C=C\C/C=C\C/C=C\C/C=C\CCCCCCCCC(=O)OC(COCCCCCCCC)COP(=O)(O)OCC[N+](C)(C)C. The van der Waals surface area contributed by atoms with E-state index in [1.807, 2.05) is 21.1 Å². The zero-order chi connectivity index (χ0) is 34.9. The lowest BCUT2D eigenvalue weighted by molar-refractivity contribution is -0.870.